The zero-order valence-corrected chi connectivity index (χ0v) is 11.5. The Morgan fingerprint density at radius 3 is 2.75 bits per heavy atom. The van der Waals surface area contributed by atoms with Crippen molar-refractivity contribution in [2.75, 3.05) is 26.2 Å². The van der Waals surface area contributed by atoms with E-state index >= 15 is 0 Å². The molecule has 1 aliphatic rings. The zero-order chi connectivity index (χ0) is 11.8. The van der Waals surface area contributed by atoms with Crippen LogP contribution in [0.3, 0.4) is 0 Å². The Balaban J connectivity index is 2.20. The van der Waals surface area contributed by atoms with Crippen molar-refractivity contribution in [3.8, 4) is 0 Å². The summed E-state index contributed by atoms with van der Waals surface area (Å²) in [6.07, 6.45) is 6.87. The summed E-state index contributed by atoms with van der Waals surface area (Å²) in [7, 11) is 0. The minimum atomic E-state index is 0.758. The Morgan fingerprint density at radius 1 is 1.31 bits per heavy atom. The van der Waals surface area contributed by atoms with E-state index in [4.69, 9.17) is 0 Å². The van der Waals surface area contributed by atoms with Crippen molar-refractivity contribution < 1.29 is 0 Å². The second-order valence-electron chi connectivity index (χ2n) is 5.22. The van der Waals surface area contributed by atoms with Gasteiger partial charge in [0.2, 0.25) is 0 Å². The molecule has 96 valence electrons. The molecule has 2 nitrogen and oxygen atoms in total. The second kappa shape index (κ2) is 8.08. The molecule has 0 aromatic rings. The molecule has 0 bridgehead atoms. The Bertz CT molecular complexity index is 170. The van der Waals surface area contributed by atoms with Gasteiger partial charge in [-0.15, -0.1) is 0 Å². The molecule has 2 heteroatoms. The number of likely N-dealkylation sites (N-methyl/N-ethyl adjacent to an activating group) is 1. The van der Waals surface area contributed by atoms with E-state index in [-0.39, 0.29) is 0 Å². The molecule has 16 heavy (non-hydrogen) atoms. The van der Waals surface area contributed by atoms with Gasteiger partial charge in [-0.25, -0.2) is 0 Å². The number of hydrogen-bond acceptors (Lipinski definition) is 2. The Labute approximate surface area is 102 Å². The molecule has 0 aliphatic carbocycles. The van der Waals surface area contributed by atoms with Crippen LogP contribution in [-0.2, 0) is 0 Å². The highest BCUT2D eigenvalue weighted by atomic mass is 15.2. The molecule has 0 aromatic heterocycles. The first-order valence-electron chi connectivity index (χ1n) is 7.25. The van der Waals surface area contributed by atoms with Crippen molar-refractivity contribution in [2.24, 2.45) is 5.92 Å². The number of hydrogen-bond donors (Lipinski definition) is 1. The van der Waals surface area contributed by atoms with Crippen LogP contribution in [0.25, 0.3) is 0 Å². The van der Waals surface area contributed by atoms with Gasteiger partial charge in [0, 0.05) is 19.1 Å². The van der Waals surface area contributed by atoms with E-state index in [0.717, 1.165) is 18.5 Å². The van der Waals surface area contributed by atoms with Crippen molar-refractivity contribution >= 4 is 0 Å². The normalized spacial score (nSPS) is 23.8. The van der Waals surface area contributed by atoms with Crippen LogP contribution in [0.4, 0.5) is 0 Å². The number of rotatable bonds is 8. The number of nitrogens with zero attached hydrogens (tertiary/aromatic N) is 1. The molecule has 0 radical (unpaired) electrons. The summed E-state index contributed by atoms with van der Waals surface area (Å²) in [5.41, 5.74) is 0. The molecular formula is C14H30N2. The first-order valence-corrected chi connectivity index (χ1v) is 7.25. The van der Waals surface area contributed by atoms with Crippen LogP contribution < -0.4 is 5.32 Å². The van der Waals surface area contributed by atoms with E-state index in [0.29, 0.717) is 0 Å². The van der Waals surface area contributed by atoms with Gasteiger partial charge in [0.15, 0.2) is 0 Å². The van der Waals surface area contributed by atoms with Crippen molar-refractivity contribution in [3.05, 3.63) is 0 Å². The zero-order valence-electron chi connectivity index (χ0n) is 11.5. The molecule has 2 unspecified atom stereocenters. The highest BCUT2D eigenvalue weighted by Crippen LogP contribution is 2.17. The summed E-state index contributed by atoms with van der Waals surface area (Å²) in [4.78, 5) is 2.66. The molecule has 0 amide bonds. The summed E-state index contributed by atoms with van der Waals surface area (Å²) in [6, 6.07) is 0.758. The van der Waals surface area contributed by atoms with E-state index in [1.54, 1.807) is 0 Å². The van der Waals surface area contributed by atoms with Gasteiger partial charge < -0.3 is 10.2 Å². The maximum atomic E-state index is 3.57. The number of unbranched alkanes of at least 4 members (excludes halogenated alkanes) is 1. The maximum absolute atomic E-state index is 3.57. The Hall–Kier alpha value is -0.0800. The molecule has 0 spiro atoms. The molecule has 0 saturated carbocycles. The molecule has 1 aliphatic heterocycles. The monoisotopic (exact) mass is 226 g/mol. The third-order valence-electron chi connectivity index (χ3n) is 3.82. The lowest BCUT2D eigenvalue weighted by molar-refractivity contribution is 0.255. The summed E-state index contributed by atoms with van der Waals surface area (Å²) < 4.78 is 0. The molecule has 1 N–H and O–H groups in total. The molecule has 1 saturated heterocycles. The first kappa shape index (κ1) is 14.0. The minimum Gasteiger partial charge on any atom is -0.313 e. The van der Waals surface area contributed by atoms with Crippen LogP contribution in [0.2, 0.25) is 0 Å². The van der Waals surface area contributed by atoms with E-state index in [2.05, 4.69) is 31.0 Å². The SMILES string of the molecule is CCCCC(CC)CN1CCC(NCC)C1. The summed E-state index contributed by atoms with van der Waals surface area (Å²) in [5, 5.41) is 3.57. The predicted molar refractivity (Wildman–Crippen MR) is 71.8 cm³/mol. The van der Waals surface area contributed by atoms with Crippen LogP contribution >= 0.6 is 0 Å². The minimum absolute atomic E-state index is 0.758. The molecular weight excluding hydrogens is 196 g/mol. The Kier molecular flexibility index (Phi) is 7.06. The first-order chi connectivity index (χ1) is 7.80. The fourth-order valence-corrected chi connectivity index (χ4v) is 2.74. The summed E-state index contributed by atoms with van der Waals surface area (Å²) >= 11 is 0. The van der Waals surface area contributed by atoms with Gasteiger partial charge in [-0.3, -0.25) is 0 Å². The third kappa shape index (κ3) is 4.84. The summed E-state index contributed by atoms with van der Waals surface area (Å²) in [6.45, 7) is 11.9. The van der Waals surface area contributed by atoms with E-state index in [1.165, 1.54) is 51.7 Å². The van der Waals surface area contributed by atoms with Crippen LogP contribution in [-0.4, -0.2) is 37.1 Å². The van der Waals surface area contributed by atoms with Crippen LogP contribution in [0.15, 0.2) is 0 Å². The molecule has 1 heterocycles. The highest BCUT2D eigenvalue weighted by molar-refractivity contribution is 4.81. The van der Waals surface area contributed by atoms with Gasteiger partial charge in [0.1, 0.15) is 0 Å². The van der Waals surface area contributed by atoms with Gasteiger partial charge in [-0.1, -0.05) is 40.0 Å². The second-order valence-corrected chi connectivity index (χ2v) is 5.22. The third-order valence-corrected chi connectivity index (χ3v) is 3.82. The fraction of sp³-hybridized carbons (Fsp3) is 1.00. The van der Waals surface area contributed by atoms with Crippen molar-refractivity contribution in [1.29, 1.82) is 0 Å². The van der Waals surface area contributed by atoms with Gasteiger partial charge in [-0.2, -0.15) is 0 Å². The standard InChI is InChI=1S/C14H30N2/c1-4-7-8-13(5-2)11-16-10-9-14(12-16)15-6-3/h13-15H,4-12H2,1-3H3. The topological polar surface area (TPSA) is 15.3 Å². The highest BCUT2D eigenvalue weighted by Gasteiger charge is 2.23. The predicted octanol–water partition coefficient (Wildman–Crippen LogP) is 2.89. The average molecular weight is 226 g/mol. The van der Waals surface area contributed by atoms with E-state index < -0.39 is 0 Å². The fourth-order valence-electron chi connectivity index (χ4n) is 2.74. The van der Waals surface area contributed by atoms with E-state index in [1.807, 2.05) is 0 Å². The van der Waals surface area contributed by atoms with Crippen LogP contribution in [0, 0.1) is 5.92 Å². The average Bonchev–Trinajstić information content (AvgIpc) is 2.72. The molecule has 2 atom stereocenters. The lowest BCUT2D eigenvalue weighted by Gasteiger charge is -2.22. The quantitative estimate of drug-likeness (QED) is 0.684. The lowest BCUT2D eigenvalue weighted by atomic mass is 9.99. The van der Waals surface area contributed by atoms with Crippen molar-refractivity contribution in [3.63, 3.8) is 0 Å². The van der Waals surface area contributed by atoms with E-state index in [9.17, 15) is 0 Å². The largest absolute Gasteiger partial charge is 0.313 e. The smallest absolute Gasteiger partial charge is 0.0207 e. The summed E-state index contributed by atoms with van der Waals surface area (Å²) in [5.74, 6) is 0.931. The van der Waals surface area contributed by atoms with Crippen molar-refractivity contribution in [2.45, 2.75) is 58.9 Å². The van der Waals surface area contributed by atoms with Crippen LogP contribution in [0.1, 0.15) is 52.9 Å². The lowest BCUT2D eigenvalue weighted by Crippen LogP contribution is -2.34. The maximum Gasteiger partial charge on any atom is 0.0207 e. The van der Waals surface area contributed by atoms with Crippen LogP contribution in [0.5, 0.6) is 0 Å². The Morgan fingerprint density at radius 2 is 2.12 bits per heavy atom. The van der Waals surface area contributed by atoms with Crippen molar-refractivity contribution in [1.82, 2.24) is 10.2 Å². The molecule has 0 aromatic carbocycles. The molecule has 1 fully saturated rings. The van der Waals surface area contributed by atoms with Gasteiger partial charge in [-0.05, 0) is 31.8 Å². The number of likely N-dealkylation sites (tertiary alicyclic amines) is 1. The van der Waals surface area contributed by atoms with Gasteiger partial charge >= 0.3 is 0 Å². The molecule has 1 rings (SSSR count). The number of nitrogens with one attached hydrogen (secondary N) is 1. The van der Waals surface area contributed by atoms with Gasteiger partial charge in [0.05, 0.1) is 0 Å². The van der Waals surface area contributed by atoms with Gasteiger partial charge in [0.25, 0.3) is 0 Å².